The quantitative estimate of drug-likeness (QED) is 0.496. The predicted octanol–water partition coefficient (Wildman–Crippen LogP) is 0.759. The second kappa shape index (κ2) is 8.96. The van der Waals surface area contributed by atoms with Crippen LogP contribution >= 0.6 is 12.2 Å². The number of carbonyl (C=O) groups is 1. The first-order valence-corrected chi connectivity index (χ1v) is 10.9. The highest BCUT2D eigenvalue weighted by atomic mass is 32.2. The van der Waals surface area contributed by atoms with Gasteiger partial charge in [0.15, 0.2) is 5.11 Å². The zero-order valence-electron chi connectivity index (χ0n) is 14.9. The van der Waals surface area contributed by atoms with Crippen molar-refractivity contribution in [3.63, 3.8) is 0 Å². The van der Waals surface area contributed by atoms with Crippen LogP contribution in [0.2, 0.25) is 0 Å². The lowest BCUT2D eigenvalue weighted by atomic mass is 10.2. The second-order valence-corrected chi connectivity index (χ2v) is 8.92. The highest BCUT2D eigenvalue weighted by Crippen LogP contribution is 2.19. The van der Waals surface area contributed by atoms with Crippen molar-refractivity contribution < 1.29 is 17.9 Å². The normalized spacial score (nSPS) is 18.8. The molecule has 1 aliphatic carbocycles. The van der Waals surface area contributed by atoms with Gasteiger partial charge in [-0.1, -0.05) is 18.9 Å². The standard InChI is InChI=1S/C17H24N4O4S2/c22-16(19-20-17(26)18-14-5-1-2-6-14)13-4-3-7-15(12-13)27(23,24)21-8-10-25-11-9-21/h3-4,7,12,14H,1-2,5-6,8-11H2,(H,19,22)(H2,18,20,26). The summed E-state index contributed by atoms with van der Waals surface area (Å²) < 4.78 is 32.0. The van der Waals surface area contributed by atoms with Crippen LogP contribution in [0.25, 0.3) is 0 Å². The average Bonchev–Trinajstić information content (AvgIpc) is 3.20. The van der Waals surface area contributed by atoms with Crippen LogP contribution in [0.1, 0.15) is 36.0 Å². The van der Waals surface area contributed by atoms with Gasteiger partial charge in [0.1, 0.15) is 0 Å². The van der Waals surface area contributed by atoms with E-state index in [1.807, 2.05) is 0 Å². The number of hydrazine groups is 1. The molecule has 0 unspecified atom stereocenters. The van der Waals surface area contributed by atoms with Crippen molar-refractivity contribution in [1.82, 2.24) is 20.5 Å². The lowest BCUT2D eigenvalue weighted by molar-refractivity contribution is 0.0730. The largest absolute Gasteiger partial charge is 0.379 e. The summed E-state index contributed by atoms with van der Waals surface area (Å²) in [5, 5.41) is 3.51. The summed E-state index contributed by atoms with van der Waals surface area (Å²) in [4.78, 5) is 12.4. The molecule has 2 aliphatic rings. The number of nitrogens with one attached hydrogen (secondary N) is 3. The Morgan fingerprint density at radius 1 is 1.15 bits per heavy atom. The van der Waals surface area contributed by atoms with Gasteiger partial charge >= 0.3 is 0 Å². The number of rotatable bonds is 4. The van der Waals surface area contributed by atoms with E-state index in [4.69, 9.17) is 17.0 Å². The number of nitrogens with zero attached hydrogens (tertiary/aromatic N) is 1. The van der Waals surface area contributed by atoms with Gasteiger partial charge < -0.3 is 10.1 Å². The van der Waals surface area contributed by atoms with Crippen molar-refractivity contribution in [2.75, 3.05) is 26.3 Å². The second-order valence-electron chi connectivity index (χ2n) is 6.58. The van der Waals surface area contributed by atoms with Gasteiger partial charge in [-0.2, -0.15) is 4.31 Å². The molecule has 1 amide bonds. The SMILES string of the molecule is O=C(NNC(=S)NC1CCCC1)c1cccc(S(=O)(=O)N2CCOCC2)c1. The van der Waals surface area contributed by atoms with Gasteiger partial charge in [0.25, 0.3) is 5.91 Å². The maximum atomic E-state index is 12.7. The Hall–Kier alpha value is -1.75. The molecule has 1 saturated carbocycles. The molecule has 1 aromatic carbocycles. The van der Waals surface area contributed by atoms with Crippen LogP contribution in [0.3, 0.4) is 0 Å². The summed E-state index contributed by atoms with van der Waals surface area (Å²) in [5.74, 6) is -0.454. The molecule has 0 spiro atoms. The Bertz CT molecular complexity index is 788. The molecule has 1 aromatic rings. The van der Waals surface area contributed by atoms with E-state index in [0.29, 0.717) is 37.5 Å². The Kier molecular flexibility index (Phi) is 6.64. The number of amides is 1. The first kappa shape index (κ1) is 20.0. The first-order chi connectivity index (χ1) is 13.0. The Morgan fingerprint density at radius 2 is 1.85 bits per heavy atom. The van der Waals surface area contributed by atoms with E-state index in [9.17, 15) is 13.2 Å². The zero-order valence-corrected chi connectivity index (χ0v) is 16.6. The summed E-state index contributed by atoms with van der Waals surface area (Å²) in [5.41, 5.74) is 5.42. The van der Waals surface area contributed by atoms with Crippen LogP contribution in [0.15, 0.2) is 29.2 Å². The van der Waals surface area contributed by atoms with Crippen molar-refractivity contribution in [2.45, 2.75) is 36.6 Å². The minimum absolute atomic E-state index is 0.0868. The summed E-state index contributed by atoms with van der Waals surface area (Å²) in [7, 11) is -3.65. The third-order valence-electron chi connectivity index (χ3n) is 4.68. The van der Waals surface area contributed by atoms with E-state index < -0.39 is 15.9 Å². The minimum atomic E-state index is -3.65. The van der Waals surface area contributed by atoms with Gasteiger partial charge in [0, 0.05) is 24.7 Å². The average molecular weight is 413 g/mol. The lowest BCUT2D eigenvalue weighted by Gasteiger charge is -2.26. The lowest BCUT2D eigenvalue weighted by Crippen LogP contribution is -2.49. The molecule has 3 rings (SSSR count). The van der Waals surface area contributed by atoms with Crippen molar-refractivity contribution in [3.05, 3.63) is 29.8 Å². The molecule has 1 saturated heterocycles. The maximum absolute atomic E-state index is 12.7. The molecule has 2 fully saturated rings. The number of ether oxygens (including phenoxy) is 1. The number of hydrogen-bond acceptors (Lipinski definition) is 5. The van der Waals surface area contributed by atoms with Gasteiger partial charge in [-0.05, 0) is 43.3 Å². The highest BCUT2D eigenvalue weighted by Gasteiger charge is 2.27. The summed E-state index contributed by atoms with van der Waals surface area (Å²) in [6, 6.07) is 6.31. The maximum Gasteiger partial charge on any atom is 0.269 e. The smallest absolute Gasteiger partial charge is 0.269 e. The molecule has 10 heteroatoms. The first-order valence-electron chi connectivity index (χ1n) is 9.01. The van der Waals surface area contributed by atoms with Crippen LogP contribution in [-0.2, 0) is 14.8 Å². The molecule has 148 valence electrons. The van der Waals surface area contributed by atoms with Crippen LogP contribution in [-0.4, -0.2) is 56.1 Å². The molecule has 27 heavy (non-hydrogen) atoms. The van der Waals surface area contributed by atoms with Gasteiger partial charge in [0.2, 0.25) is 10.0 Å². The zero-order chi connectivity index (χ0) is 19.3. The molecule has 1 aliphatic heterocycles. The van der Waals surface area contributed by atoms with Crippen LogP contribution in [0.5, 0.6) is 0 Å². The Balaban J connectivity index is 1.60. The monoisotopic (exact) mass is 412 g/mol. The number of sulfonamides is 1. The molecule has 0 aromatic heterocycles. The molecule has 0 bridgehead atoms. The van der Waals surface area contributed by atoms with Crippen molar-refractivity contribution >= 4 is 33.3 Å². The fourth-order valence-corrected chi connectivity index (χ4v) is 4.88. The number of hydrogen-bond donors (Lipinski definition) is 3. The molecular formula is C17H24N4O4S2. The topological polar surface area (TPSA) is 99.8 Å². The fraction of sp³-hybridized carbons (Fsp3) is 0.529. The van der Waals surface area contributed by atoms with Crippen molar-refractivity contribution in [1.29, 1.82) is 0 Å². The highest BCUT2D eigenvalue weighted by molar-refractivity contribution is 7.89. The van der Waals surface area contributed by atoms with Crippen LogP contribution in [0.4, 0.5) is 0 Å². The Morgan fingerprint density at radius 3 is 2.56 bits per heavy atom. The van der Waals surface area contributed by atoms with Crippen LogP contribution in [0, 0.1) is 0 Å². The van der Waals surface area contributed by atoms with Gasteiger partial charge in [-0.3, -0.25) is 15.6 Å². The minimum Gasteiger partial charge on any atom is -0.379 e. The van der Waals surface area contributed by atoms with Gasteiger partial charge in [0.05, 0.1) is 18.1 Å². The molecule has 8 nitrogen and oxygen atoms in total. The molecule has 0 radical (unpaired) electrons. The van der Waals surface area contributed by atoms with E-state index in [2.05, 4.69) is 16.2 Å². The third kappa shape index (κ3) is 5.16. The van der Waals surface area contributed by atoms with Crippen molar-refractivity contribution in [3.8, 4) is 0 Å². The fourth-order valence-electron chi connectivity index (χ4n) is 3.21. The van der Waals surface area contributed by atoms with Gasteiger partial charge in [-0.15, -0.1) is 0 Å². The van der Waals surface area contributed by atoms with Crippen LogP contribution < -0.4 is 16.2 Å². The predicted molar refractivity (Wildman–Crippen MR) is 105 cm³/mol. The van der Waals surface area contributed by atoms with E-state index in [-0.39, 0.29) is 10.5 Å². The molecule has 1 heterocycles. The van der Waals surface area contributed by atoms with Gasteiger partial charge in [-0.25, -0.2) is 8.42 Å². The molecule has 3 N–H and O–H groups in total. The number of morpholine rings is 1. The van der Waals surface area contributed by atoms with E-state index in [0.717, 1.165) is 12.8 Å². The molecule has 0 atom stereocenters. The summed E-state index contributed by atoms with van der Waals surface area (Å²) >= 11 is 5.18. The summed E-state index contributed by atoms with van der Waals surface area (Å²) in [6.07, 6.45) is 4.49. The number of benzene rings is 1. The Labute approximate surface area is 164 Å². The molecular weight excluding hydrogens is 388 g/mol. The third-order valence-corrected chi connectivity index (χ3v) is 6.80. The van der Waals surface area contributed by atoms with E-state index in [1.165, 1.54) is 29.3 Å². The van der Waals surface area contributed by atoms with E-state index >= 15 is 0 Å². The summed E-state index contributed by atoms with van der Waals surface area (Å²) in [6.45, 7) is 1.35. The number of thiocarbonyl (C=S) groups is 1. The number of carbonyl (C=O) groups excluding carboxylic acids is 1. The van der Waals surface area contributed by atoms with Crippen molar-refractivity contribution in [2.24, 2.45) is 0 Å². The van der Waals surface area contributed by atoms with E-state index in [1.54, 1.807) is 12.1 Å².